The van der Waals surface area contributed by atoms with E-state index in [-0.39, 0.29) is 22.2 Å². The summed E-state index contributed by atoms with van der Waals surface area (Å²) in [6.45, 7) is 0.289. The van der Waals surface area contributed by atoms with Gasteiger partial charge in [0, 0.05) is 19.1 Å². The first-order valence-corrected chi connectivity index (χ1v) is 11.0. The van der Waals surface area contributed by atoms with Crippen LogP contribution in [0.4, 0.5) is 0 Å². The molecule has 1 aliphatic rings. The largest absolute Gasteiger partial charge is 0.493 e. The van der Waals surface area contributed by atoms with Crippen molar-refractivity contribution in [3.05, 3.63) is 54.1 Å². The highest BCUT2D eigenvalue weighted by atomic mass is 32.3. The Kier molecular flexibility index (Phi) is 5.08. The predicted molar refractivity (Wildman–Crippen MR) is 96.0 cm³/mol. The van der Waals surface area contributed by atoms with Crippen LogP contribution in [0.3, 0.4) is 0 Å². The lowest BCUT2D eigenvalue weighted by Gasteiger charge is -2.27. The van der Waals surface area contributed by atoms with E-state index >= 15 is 0 Å². The molecule has 0 aromatic heterocycles. The van der Waals surface area contributed by atoms with E-state index in [1.54, 1.807) is 30.3 Å². The Balaban J connectivity index is 1.97. The summed E-state index contributed by atoms with van der Waals surface area (Å²) in [7, 11) is -6.94. The molecular weight excluding hydrogens is 364 g/mol. The Morgan fingerprint density at radius 1 is 1.12 bits per heavy atom. The van der Waals surface area contributed by atoms with Crippen molar-refractivity contribution in [3.8, 4) is 5.75 Å². The smallest absolute Gasteiger partial charge is 0.187 e. The number of benzene rings is 2. The monoisotopic (exact) mass is 384 g/mol. The average Bonchev–Trinajstić information content (AvgIpc) is 2.88. The van der Waals surface area contributed by atoms with Crippen molar-refractivity contribution in [2.75, 3.05) is 19.0 Å². The Labute approximate surface area is 148 Å². The lowest BCUT2D eigenvalue weighted by Crippen LogP contribution is -2.15. The van der Waals surface area contributed by atoms with Gasteiger partial charge in [-0.2, -0.15) is 10.6 Å². The SMILES string of the molecule is O=S(=O)(c1ccccc1)C1CS(O)(O)c2cc(OCCCO)ccc21. The van der Waals surface area contributed by atoms with Crippen LogP contribution in [0.5, 0.6) is 5.75 Å². The minimum absolute atomic E-state index is 0.00246. The molecule has 2 aromatic rings. The van der Waals surface area contributed by atoms with E-state index in [2.05, 4.69) is 0 Å². The van der Waals surface area contributed by atoms with Crippen molar-refractivity contribution < 1.29 is 27.4 Å². The van der Waals surface area contributed by atoms with E-state index in [0.29, 0.717) is 24.3 Å². The van der Waals surface area contributed by atoms with Crippen molar-refractivity contribution in [3.63, 3.8) is 0 Å². The number of hydrogen-bond acceptors (Lipinski definition) is 6. The third-order valence-electron chi connectivity index (χ3n) is 4.09. The lowest BCUT2D eigenvalue weighted by atomic mass is 10.1. The van der Waals surface area contributed by atoms with Crippen LogP contribution in [0.15, 0.2) is 58.3 Å². The van der Waals surface area contributed by atoms with Crippen LogP contribution >= 0.6 is 10.6 Å². The first-order valence-electron chi connectivity index (χ1n) is 7.79. The van der Waals surface area contributed by atoms with Crippen LogP contribution in [-0.4, -0.2) is 41.6 Å². The van der Waals surface area contributed by atoms with Gasteiger partial charge in [-0.3, -0.25) is 9.11 Å². The molecule has 1 heterocycles. The molecule has 136 valence electrons. The van der Waals surface area contributed by atoms with Gasteiger partial charge in [-0.05, 0) is 23.8 Å². The molecule has 0 amide bonds. The maximum absolute atomic E-state index is 12.9. The summed E-state index contributed by atoms with van der Waals surface area (Å²) in [4.78, 5) is 0.379. The molecule has 25 heavy (non-hydrogen) atoms. The summed E-state index contributed by atoms with van der Waals surface area (Å²) in [6, 6.07) is 12.7. The topological polar surface area (TPSA) is 104 Å². The minimum atomic E-state index is -3.73. The van der Waals surface area contributed by atoms with Crippen molar-refractivity contribution >= 4 is 20.4 Å². The van der Waals surface area contributed by atoms with E-state index in [0.717, 1.165) is 0 Å². The zero-order valence-electron chi connectivity index (χ0n) is 13.4. The van der Waals surface area contributed by atoms with Gasteiger partial charge < -0.3 is 9.84 Å². The molecule has 0 radical (unpaired) electrons. The Morgan fingerprint density at radius 2 is 1.84 bits per heavy atom. The molecular formula is C17H20O6S2. The number of aliphatic hydroxyl groups excluding tert-OH is 1. The second kappa shape index (κ2) is 6.97. The van der Waals surface area contributed by atoms with Crippen molar-refractivity contribution in [1.29, 1.82) is 0 Å². The third-order valence-corrected chi connectivity index (χ3v) is 8.25. The van der Waals surface area contributed by atoms with Gasteiger partial charge in [0.25, 0.3) is 0 Å². The van der Waals surface area contributed by atoms with E-state index in [4.69, 9.17) is 9.84 Å². The van der Waals surface area contributed by atoms with E-state index in [9.17, 15) is 17.5 Å². The first-order chi connectivity index (χ1) is 11.9. The fourth-order valence-electron chi connectivity index (χ4n) is 2.83. The van der Waals surface area contributed by atoms with Crippen LogP contribution < -0.4 is 4.74 Å². The highest BCUT2D eigenvalue weighted by molar-refractivity contribution is 8.25. The summed E-state index contributed by atoms with van der Waals surface area (Å²) in [5.41, 5.74) is 0.401. The van der Waals surface area contributed by atoms with Gasteiger partial charge in [0.1, 0.15) is 11.0 Å². The van der Waals surface area contributed by atoms with Crippen LogP contribution in [-0.2, 0) is 9.84 Å². The van der Waals surface area contributed by atoms with E-state index in [1.165, 1.54) is 18.2 Å². The van der Waals surface area contributed by atoms with Gasteiger partial charge in [0.2, 0.25) is 0 Å². The number of fused-ring (bicyclic) bond motifs is 1. The van der Waals surface area contributed by atoms with E-state index in [1.807, 2.05) is 0 Å². The summed E-state index contributed by atoms with van der Waals surface area (Å²) in [5, 5.41) is 7.79. The van der Waals surface area contributed by atoms with Gasteiger partial charge in [0.05, 0.1) is 22.2 Å². The Bertz CT molecular complexity index is 849. The second-order valence-corrected chi connectivity index (χ2v) is 10.0. The number of rotatable bonds is 6. The molecule has 3 rings (SSSR count). The summed E-state index contributed by atoms with van der Waals surface area (Å²) >= 11 is 0. The highest BCUT2D eigenvalue weighted by Gasteiger charge is 2.43. The standard InChI is InChI=1S/C17H20O6S2/c18-9-4-10-23-13-7-8-15-16(11-13)24(19,20)12-17(15)25(21,22)14-5-2-1-3-6-14/h1-3,5-8,11,17-20H,4,9-10,12H2. The zero-order chi connectivity index (χ0) is 18.1. The molecule has 0 saturated heterocycles. The van der Waals surface area contributed by atoms with Crippen LogP contribution in [0.25, 0.3) is 0 Å². The molecule has 1 atom stereocenters. The van der Waals surface area contributed by atoms with Crippen LogP contribution in [0.2, 0.25) is 0 Å². The highest BCUT2D eigenvalue weighted by Crippen LogP contribution is 2.61. The maximum Gasteiger partial charge on any atom is 0.187 e. The molecule has 3 N–H and O–H groups in total. The molecule has 1 aliphatic heterocycles. The summed E-state index contributed by atoms with van der Waals surface area (Å²) < 4.78 is 52.1. The molecule has 1 unspecified atom stereocenters. The zero-order valence-corrected chi connectivity index (χ0v) is 15.0. The first kappa shape index (κ1) is 18.2. The fraction of sp³-hybridized carbons (Fsp3) is 0.294. The molecule has 0 saturated carbocycles. The average molecular weight is 384 g/mol. The number of aliphatic hydroxyl groups is 1. The third kappa shape index (κ3) is 3.54. The summed E-state index contributed by atoms with van der Waals surface area (Å²) in [5.74, 6) is 0.171. The Morgan fingerprint density at radius 3 is 2.52 bits per heavy atom. The molecule has 0 aliphatic carbocycles. The quantitative estimate of drug-likeness (QED) is 0.661. The summed E-state index contributed by atoms with van der Waals surface area (Å²) in [6.07, 6.45) is 0.457. The Hall–Kier alpha value is -1.58. The normalized spacial score (nSPS) is 20.0. The number of ether oxygens (including phenoxy) is 1. The van der Waals surface area contributed by atoms with Gasteiger partial charge in [-0.25, -0.2) is 8.42 Å². The van der Waals surface area contributed by atoms with Crippen molar-refractivity contribution in [1.82, 2.24) is 0 Å². The van der Waals surface area contributed by atoms with Crippen LogP contribution in [0.1, 0.15) is 17.2 Å². The van der Waals surface area contributed by atoms with Gasteiger partial charge >= 0.3 is 0 Å². The molecule has 2 aromatic carbocycles. The number of sulfone groups is 1. The van der Waals surface area contributed by atoms with Crippen molar-refractivity contribution in [2.45, 2.75) is 21.5 Å². The van der Waals surface area contributed by atoms with Crippen molar-refractivity contribution in [2.24, 2.45) is 0 Å². The van der Waals surface area contributed by atoms with Crippen LogP contribution in [0, 0.1) is 0 Å². The second-order valence-electron chi connectivity index (χ2n) is 5.81. The molecule has 0 bridgehead atoms. The molecule has 0 spiro atoms. The van der Waals surface area contributed by atoms with Gasteiger partial charge in [0.15, 0.2) is 9.84 Å². The number of hydrogen-bond donors (Lipinski definition) is 3. The molecule has 8 heteroatoms. The van der Waals surface area contributed by atoms with E-state index < -0.39 is 25.7 Å². The maximum atomic E-state index is 12.9. The molecule has 0 fully saturated rings. The van der Waals surface area contributed by atoms with Gasteiger partial charge in [-0.1, -0.05) is 24.3 Å². The lowest BCUT2D eigenvalue weighted by molar-refractivity contribution is 0.233. The minimum Gasteiger partial charge on any atom is -0.493 e. The van der Waals surface area contributed by atoms with Gasteiger partial charge in [-0.15, -0.1) is 0 Å². The predicted octanol–water partition coefficient (Wildman–Crippen LogP) is 3.09. The fourth-order valence-corrected chi connectivity index (χ4v) is 7.27. The molecule has 6 nitrogen and oxygen atoms in total.